The molecule has 7 heteroatoms. The predicted octanol–water partition coefficient (Wildman–Crippen LogP) is 4.00. The molecule has 0 bridgehead atoms. The SMILES string of the molecule is O=S(=O)(c1ccc(F)cc1)N1CCCC(c2nc3ccccc3s2)C1. The number of piperidine rings is 1. The lowest BCUT2D eigenvalue weighted by Crippen LogP contribution is -2.39. The lowest BCUT2D eigenvalue weighted by molar-refractivity contribution is 0.315. The number of benzene rings is 2. The maximum Gasteiger partial charge on any atom is 0.243 e. The van der Waals surface area contributed by atoms with Crippen molar-refractivity contribution in [2.75, 3.05) is 13.1 Å². The fourth-order valence-electron chi connectivity index (χ4n) is 3.18. The first kappa shape index (κ1) is 16.6. The van der Waals surface area contributed by atoms with Crippen molar-refractivity contribution < 1.29 is 12.8 Å². The van der Waals surface area contributed by atoms with Gasteiger partial charge in [0.2, 0.25) is 10.0 Å². The summed E-state index contributed by atoms with van der Waals surface area (Å²) >= 11 is 1.63. The molecule has 1 fully saturated rings. The van der Waals surface area contributed by atoms with E-state index in [2.05, 4.69) is 4.98 Å². The third kappa shape index (κ3) is 3.19. The lowest BCUT2D eigenvalue weighted by atomic mass is 10.0. The maximum atomic E-state index is 13.1. The van der Waals surface area contributed by atoms with E-state index in [9.17, 15) is 12.8 Å². The van der Waals surface area contributed by atoms with Crippen molar-refractivity contribution in [3.63, 3.8) is 0 Å². The van der Waals surface area contributed by atoms with E-state index < -0.39 is 15.8 Å². The molecule has 130 valence electrons. The van der Waals surface area contributed by atoms with Crippen LogP contribution in [0.3, 0.4) is 0 Å². The van der Waals surface area contributed by atoms with Crippen molar-refractivity contribution in [3.8, 4) is 0 Å². The van der Waals surface area contributed by atoms with Gasteiger partial charge in [-0.3, -0.25) is 0 Å². The van der Waals surface area contributed by atoms with Crippen molar-refractivity contribution in [1.29, 1.82) is 0 Å². The number of hydrogen-bond acceptors (Lipinski definition) is 4. The van der Waals surface area contributed by atoms with Gasteiger partial charge >= 0.3 is 0 Å². The van der Waals surface area contributed by atoms with Crippen LogP contribution in [-0.4, -0.2) is 30.8 Å². The molecule has 1 aliphatic heterocycles. The number of sulfonamides is 1. The Morgan fingerprint density at radius 3 is 2.64 bits per heavy atom. The smallest absolute Gasteiger partial charge is 0.241 e. The zero-order valence-corrected chi connectivity index (χ0v) is 15.1. The molecule has 0 spiro atoms. The molecule has 25 heavy (non-hydrogen) atoms. The molecule has 0 aliphatic carbocycles. The number of rotatable bonds is 3. The van der Waals surface area contributed by atoms with E-state index >= 15 is 0 Å². The Balaban J connectivity index is 1.61. The molecule has 2 aromatic carbocycles. The van der Waals surface area contributed by atoms with Gasteiger partial charge in [0, 0.05) is 19.0 Å². The van der Waals surface area contributed by atoms with E-state index in [-0.39, 0.29) is 10.8 Å². The van der Waals surface area contributed by atoms with Gasteiger partial charge in [-0.05, 0) is 49.2 Å². The van der Waals surface area contributed by atoms with Crippen LogP contribution in [0.2, 0.25) is 0 Å². The Morgan fingerprint density at radius 2 is 1.88 bits per heavy atom. The zero-order chi connectivity index (χ0) is 17.4. The maximum absolute atomic E-state index is 13.1. The Hall–Kier alpha value is -1.83. The van der Waals surface area contributed by atoms with Crippen LogP contribution < -0.4 is 0 Å². The molecule has 0 radical (unpaired) electrons. The van der Waals surface area contributed by atoms with E-state index in [4.69, 9.17) is 0 Å². The van der Waals surface area contributed by atoms with Crippen LogP contribution in [-0.2, 0) is 10.0 Å². The quantitative estimate of drug-likeness (QED) is 0.694. The van der Waals surface area contributed by atoms with Crippen LogP contribution in [0.4, 0.5) is 4.39 Å². The van der Waals surface area contributed by atoms with Gasteiger partial charge < -0.3 is 0 Å². The molecule has 3 aromatic rings. The molecule has 4 nitrogen and oxygen atoms in total. The highest BCUT2D eigenvalue weighted by atomic mass is 32.2. The first-order chi connectivity index (χ1) is 12.0. The molecule has 1 unspecified atom stereocenters. The van der Waals surface area contributed by atoms with Gasteiger partial charge in [-0.1, -0.05) is 12.1 Å². The fraction of sp³-hybridized carbons (Fsp3) is 0.278. The summed E-state index contributed by atoms with van der Waals surface area (Å²) in [6.07, 6.45) is 1.72. The largest absolute Gasteiger partial charge is 0.243 e. The molecule has 0 amide bonds. The molecule has 0 saturated carbocycles. The van der Waals surface area contributed by atoms with E-state index in [1.807, 2.05) is 24.3 Å². The minimum Gasteiger partial charge on any atom is -0.241 e. The summed E-state index contributed by atoms with van der Waals surface area (Å²) in [7, 11) is -3.61. The molecule has 1 aromatic heterocycles. The fourth-order valence-corrected chi connectivity index (χ4v) is 5.80. The Labute approximate surface area is 150 Å². The van der Waals surface area contributed by atoms with Crippen molar-refractivity contribution in [2.24, 2.45) is 0 Å². The second-order valence-corrected chi connectivity index (χ2v) is 9.18. The van der Waals surface area contributed by atoms with Gasteiger partial charge in [-0.2, -0.15) is 4.31 Å². The summed E-state index contributed by atoms with van der Waals surface area (Å²) in [5.74, 6) is -0.341. The molecular weight excluding hydrogens is 359 g/mol. The number of nitrogens with zero attached hydrogens (tertiary/aromatic N) is 2. The molecule has 0 N–H and O–H groups in total. The third-order valence-electron chi connectivity index (χ3n) is 4.50. The Morgan fingerprint density at radius 1 is 1.12 bits per heavy atom. The van der Waals surface area contributed by atoms with Crippen LogP contribution in [0.25, 0.3) is 10.2 Å². The monoisotopic (exact) mass is 376 g/mol. The van der Waals surface area contributed by atoms with Gasteiger partial charge in [-0.25, -0.2) is 17.8 Å². The normalized spacial score (nSPS) is 19.3. The summed E-state index contributed by atoms with van der Waals surface area (Å²) in [5.41, 5.74) is 0.959. The van der Waals surface area contributed by atoms with Gasteiger partial charge in [0.05, 0.1) is 20.1 Å². The van der Waals surface area contributed by atoms with Gasteiger partial charge in [0.25, 0.3) is 0 Å². The van der Waals surface area contributed by atoms with Crippen LogP contribution in [0.5, 0.6) is 0 Å². The molecule has 1 atom stereocenters. The van der Waals surface area contributed by atoms with Crippen LogP contribution in [0, 0.1) is 5.82 Å². The van der Waals surface area contributed by atoms with Gasteiger partial charge in [0.1, 0.15) is 5.82 Å². The van der Waals surface area contributed by atoms with E-state index in [1.54, 1.807) is 11.3 Å². The first-order valence-corrected chi connectivity index (χ1v) is 10.4. The average Bonchev–Trinajstić information content (AvgIpc) is 3.06. The lowest BCUT2D eigenvalue weighted by Gasteiger charge is -2.30. The van der Waals surface area contributed by atoms with Crippen LogP contribution in [0.15, 0.2) is 53.4 Å². The van der Waals surface area contributed by atoms with E-state index in [1.165, 1.54) is 28.6 Å². The molecule has 4 rings (SSSR count). The van der Waals surface area contributed by atoms with Crippen molar-refractivity contribution in [3.05, 3.63) is 59.4 Å². The number of fused-ring (bicyclic) bond motifs is 1. The van der Waals surface area contributed by atoms with Crippen molar-refractivity contribution in [1.82, 2.24) is 9.29 Å². The molecule has 2 heterocycles. The molecule has 1 aliphatic rings. The summed E-state index contributed by atoms with van der Waals surface area (Å²) in [6, 6.07) is 13.0. The van der Waals surface area contributed by atoms with Gasteiger partial charge in [0.15, 0.2) is 0 Å². The second kappa shape index (κ2) is 6.48. The zero-order valence-electron chi connectivity index (χ0n) is 13.4. The number of para-hydroxylation sites is 1. The first-order valence-electron chi connectivity index (χ1n) is 8.15. The number of hydrogen-bond donors (Lipinski definition) is 0. The average molecular weight is 376 g/mol. The molecular formula is C18H17FN2O2S2. The highest BCUT2D eigenvalue weighted by Gasteiger charge is 2.32. The topological polar surface area (TPSA) is 50.3 Å². The summed E-state index contributed by atoms with van der Waals surface area (Å²) < 4.78 is 41.4. The Bertz CT molecular complexity index is 966. The Kier molecular flexibility index (Phi) is 4.31. The van der Waals surface area contributed by atoms with Crippen molar-refractivity contribution >= 4 is 31.6 Å². The summed E-state index contributed by atoms with van der Waals surface area (Å²) in [4.78, 5) is 4.82. The second-order valence-electron chi connectivity index (χ2n) is 6.18. The van der Waals surface area contributed by atoms with Gasteiger partial charge in [-0.15, -0.1) is 11.3 Å². The minimum absolute atomic E-state index is 0.0985. The minimum atomic E-state index is -3.61. The number of aromatic nitrogens is 1. The molecule has 1 saturated heterocycles. The van der Waals surface area contributed by atoms with E-state index in [0.29, 0.717) is 13.1 Å². The van der Waals surface area contributed by atoms with Crippen molar-refractivity contribution in [2.45, 2.75) is 23.7 Å². The standard InChI is InChI=1S/C18H17FN2O2S2/c19-14-7-9-15(10-8-14)25(22,23)21-11-3-4-13(12-21)18-20-16-5-1-2-6-17(16)24-18/h1-2,5-10,13H,3-4,11-12H2. The number of thiazole rings is 1. The predicted molar refractivity (Wildman–Crippen MR) is 96.8 cm³/mol. The highest BCUT2D eigenvalue weighted by Crippen LogP contribution is 2.34. The summed E-state index contributed by atoms with van der Waals surface area (Å²) in [5, 5.41) is 0.986. The third-order valence-corrected chi connectivity index (χ3v) is 7.57. The van der Waals surface area contributed by atoms with E-state index in [0.717, 1.165) is 28.1 Å². The highest BCUT2D eigenvalue weighted by molar-refractivity contribution is 7.89. The van der Waals surface area contributed by atoms with Crippen LogP contribution >= 0.6 is 11.3 Å². The number of halogens is 1. The summed E-state index contributed by atoms with van der Waals surface area (Å²) in [6.45, 7) is 0.903. The van der Waals surface area contributed by atoms with Crippen LogP contribution in [0.1, 0.15) is 23.8 Å².